The lowest BCUT2D eigenvalue weighted by Gasteiger charge is -2.49. The number of amides is 2. The zero-order chi connectivity index (χ0) is 45.6. The topological polar surface area (TPSA) is 435 Å². The normalized spacial score (nSPS) is 44.1. The van der Waals surface area contributed by atoms with Crippen molar-refractivity contribution in [1.82, 2.24) is 10.6 Å². The fraction of sp³-hybridized carbons (Fsp3) is 0.941. The molecule has 4 aliphatic rings. The van der Waals surface area contributed by atoms with Gasteiger partial charge in [0.25, 0.3) is 0 Å². The fourth-order valence-electron chi connectivity index (χ4n) is 7.26. The highest BCUT2D eigenvalue weighted by molar-refractivity contribution is 5.73. The summed E-state index contributed by atoms with van der Waals surface area (Å²) in [6, 6.07) is -3.19. The van der Waals surface area contributed by atoms with Crippen LogP contribution in [0.5, 0.6) is 0 Å². The van der Waals surface area contributed by atoms with Crippen LogP contribution in [0.25, 0.3) is 0 Å². The van der Waals surface area contributed by atoms with Gasteiger partial charge in [0, 0.05) is 13.8 Å². The number of rotatable bonds is 18. The van der Waals surface area contributed by atoms with E-state index in [0.29, 0.717) is 0 Å². The Hall–Kier alpha value is -1.98. The van der Waals surface area contributed by atoms with E-state index in [1.165, 1.54) is 6.92 Å². The van der Waals surface area contributed by atoms with Gasteiger partial charge in [-0.1, -0.05) is 0 Å². The first-order valence-electron chi connectivity index (χ1n) is 19.4. The van der Waals surface area contributed by atoms with Gasteiger partial charge in [-0.2, -0.15) is 0 Å². The lowest BCUT2D eigenvalue weighted by Crippen LogP contribution is -2.68. The molecule has 4 aliphatic heterocycles. The molecule has 4 fully saturated rings. The summed E-state index contributed by atoms with van der Waals surface area (Å²) in [7, 11) is 0. The predicted molar refractivity (Wildman–Crippen MR) is 191 cm³/mol. The maximum Gasteiger partial charge on any atom is 0.217 e. The summed E-state index contributed by atoms with van der Waals surface area (Å²) in [6.45, 7) is -1.21. The summed E-state index contributed by atoms with van der Waals surface area (Å²) in [6.07, 6.45) is -39.6. The fourth-order valence-corrected chi connectivity index (χ4v) is 7.26. The van der Waals surface area contributed by atoms with Crippen molar-refractivity contribution >= 4 is 11.8 Å². The van der Waals surface area contributed by atoms with Crippen LogP contribution in [-0.4, -0.2) is 269 Å². The second-order valence-electron chi connectivity index (χ2n) is 15.2. The van der Waals surface area contributed by atoms with Gasteiger partial charge < -0.3 is 125 Å². The number of aliphatic hydroxyl groups excluding tert-OH is 15. The smallest absolute Gasteiger partial charge is 0.217 e. The molecule has 0 aliphatic carbocycles. The van der Waals surface area contributed by atoms with Crippen LogP contribution >= 0.6 is 0 Å². The molecule has 2 amide bonds. The number of nitrogens with one attached hydrogen (secondary N) is 2. The van der Waals surface area contributed by atoms with Gasteiger partial charge in [-0.05, 0) is 6.92 Å². The van der Waals surface area contributed by atoms with Crippen LogP contribution < -0.4 is 10.6 Å². The summed E-state index contributed by atoms with van der Waals surface area (Å²) in [5, 5.41) is 162. The molecule has 4 rings (SSSR count). The summed E-state index contributed by atoms with van der Waals surface area (Å²) >= 11 is 0. The zero-order valence-electron chi connectivity index (χ0n) is 33.2. The molecule has 4 heterocycles. The van der Waals surface area contributed by atoms with Crippen LogP contribution in [0, 0.1) is 0 Å². The van der Waals surface area contributed by atoms with E-state index >= 15 is 0 Å². The van der Waals surface area contributed by atoms with Crippen LogP contribution in [0.4, 0.5) is 0 Å². The average Bonchev–Trinajstić information content (AvgIpc) is 3.22. The molecule has 27 heteroatoms. The summed E-state index contributed by atoms with van der Waals surface area (Å²) < 4.78 is 45.1. The molecule has 27 nitrogen and oxygen atoms in total. The Morgan fingerprint density at radius 3 is 1.67 bits per heavy atom. The van der Waals surface area contributed by atoms with Gasteiger partial charge in [0.1, 0.15) is 110 Å². The van der Waals surface area contributed by atoms with E-state index in [0.717, 1.165) is 13.8 Å². The Kier molecular flexibility index (Phi) is 19.3. The Bertz CT molecular complexity index is 1370. The number of aliphatic hydroxyl groups is 15. The minimum atomic E-state index is -2.17. The molecule has 0 aromatic rings. The third-order valence-corrected chi connectivity index (χ3v) is 10.7. The highest BCUT2D eigenvalue weighted by Crippen LogP contribution is 2.34. The third kappa shape index (κ3) is 12.0. The van der Waals surface area contributed by atoms with Gasteiger partial charge in [0.05, 0.1) is 45.2 Å². The highest BCUT2D eigenvalue weighted by atomic mass is 16.8. The molecule has 4 saturated heterocycles. The zero-order valence-corrected chi connectivity index (χ0v) is 33.2. The molecule has 0 spiro atoms. The molecular formula is C34H60N2O25. The van der Waals surface area contributed by atoms with E-state index < -0.39 is 192 Å². The largest absolute Gasteiger partial charge is 0.394 e. The standard InChI is InChI=1S/C34H60N2O25/c1-9-18(44)23(49)26(52)32(55-9)61-30-25(51)21(47)15(6-39)57-34(30)60-29-16(7-40)58-31(17(22(29)48)36-11(3)42)54-8-13(43)19(45)28(12(4-37)35-10(2)41)59-33-27(53)24(50)20(46)14(5-38)56-33/h9,12-34,37-40,43-53H,4-8H2,1-3H3,(H,35,41)(H,36,42)/t9-,12-,13+,14+,15+,16+,17+,18+,19-,20-,21-,22+,23+,24-,25-,26-,27+,28+,29+,30+,31+,32-,33-,34-/m0/s1. The molecule has 61 heavy (non-hydrogen) atoms. The molecule has 0 saturated carbocycles. The van der Waals surface area contributed by atoms with E-state index in [9.17, 15) is 86.2 Å². The quantitative estimate of drug-likeness (QED) is 0.0607. The number of ether oxygens (including phenoxy) is 8. The minimum Gasteiger partial charge on any atom is -0.394 e. The number of carbonyl (C=O) groups excluding carboxylic acids is 2. The van der Waals surface area contributed by atoms with Gasteiger partial charge >= 0.3 is 0 Å². The molecule has 0 aromatic heterocycles. The Labute approximate surface area is 347 Å². The van der Waals surface area contributed by atoms with Crippen molar-refractivity contribution in [3.8, 4) is 0 Å². The van der Waals surface area contributed by atoms with Crippen molar-refractivity contribution in [2.24, 2.45) is 0 Å². The molecular weight excluding hydrogens is 836 g/mol. The Balaban J connectivity index is 1.54. The van der Waals surface area contributed by atoms with Gasteiger partial charge in [0.2, 0.25) is 11.8 Å². The second kappa shape index (κ2) is 22.8. The van der Waals surface area contributed by atoms with Crippen LogP contribution in [-0.2, 0) is 47.5 Å². The van der Waals surface area contributed by atoms with Crippen LogP contribution in [0.3, 0.4) is 0 Å². The van der Waals surface area contributed by atoms with Crippen LogP contribution in [0.2, 0.25) is 0 Å². The van der Waals surface area contributed by atoms with E-state index in [-0.39, 0.29) is 0 Å². The van der Waals surface area contributed by atoms with Gasteiger partial charge in [-0.3, -0.25) is 9.59 Å². The molecule has 24 atom stereocenters. The highest BCUT2D eigenvalue weighted by Gasteiger charge is 2.55. The minimum absolute atomic E-state index is 0.754. The second-order valence-corrected chi connectivity index (χ2v) is 15.2. The van der Waals surface area contributed by atoms with Crippen LogP contribution in [0.15, 0.2) is 0 Å². The van der Waals surface area contributed by atoms with E-state index in [4.69, 9.17) is 37.9 Å². The van der Waals surface area contributed by atoms with Gasteiger partial charge in [-0.25, -0.2) is 0 Å². The van der Waals surface area contributed by atoms with Crippen molar-refractivity contribution in [2.75, 3.05) is 33.0 Å². The van der Waals surface area contributed by atoms with Crippen LogP contribution in [0.1, 0.15) is 20.8 Å². The molecule has 17 N–H and O–H groups in total. The molecule has 356 valence electrons. The van der Waals surface area contributed by atoms with E-state index in [1.807, 2.05) is 0 Å². The number of hydrogen-bond donors (Lipinski definition) is 17. The lowest BCUT2D eigenvalue weighted by molar-refractivity contribution is -0.383. The maximum atomic E-state index is 12.3. The van der Waals surface area contributed by atoms with Gasteiger partial charge in [0.15, 0.2) is 25.2 Å². The summed E-state index contributed by atoms with van der Waals surface area (Å²) in [5.74, 6) is -1.54. The first-order chi connectivity index (χ1) is 28.7. The average molecular weight is 897 g/mol. The van der Waals surface area contributed by atoms with E-state index in [2.05, 4.69) is 10.6 Å². The Morgan fingerprint density at radius 2 is 1.11 bits per heavy atom. The molecule has 0 unspecified atom stereocenters. The molecule has 0 aromatic carbocycles. The number of hydrogen-bond acceptors (Lipinski definition) is 25. The van der Waals surface area contributed by atoms with Crippen molar-refractivity contribution < 1.29 is 124 Å². The van der Waals surface area contributed by atoms with E-state index in [1.54, 1.807) is 0 Å². The Morgan fingerprint density at radius 1 is 0.590 bits per heavy atom. The monoisotopic (exact) mass is 896 g/mol. The van der Waals surface area contributed by atoms with Crippen molar-refractivity contribution in [3.05, 3.63) is 0 Å². The first-order valence-corrected chi connectivity index (χ1v) is 19.4. The maximum absolute atomic E-state index is 12.3. The number of carbonyl (C=O) groups is 2. The van der Waals surface area contributed by atoms with Crippen molar-refractivity contribution in [1.29, 1.82) is 0 Å². The summed E-state index contributed by atoms with van der Waals surface area (Å²) in [4.78, 5) is 24.3. The third-order valence-electron chi connectivity index (χ3n) is 10.7. The lowest BCUT2D eigenvalue weighted by atomic mass is 9.95. The van der Waals surface area contributed by atoms with Crippen molar-refractivity contribution in [2.45, 2.75) is 168 Å². The SMILES string of the molecule is CC(=O)N[C@H]1[C@H](OC[C@@H](O)[C@H](O)[C@H](O[C@@H]2O[C@H](CO)[C@H](O)[C@H](O)[C@H]2O)[C@H](CO)NC(C)=O)O[C@H](CO)[C@@H](O[C@@H]2O[C@H](CO)[C@H](O)[C@H](O)[C@H]2O[C@@H]2O[C@@H](C)[C@@H](O)[C@@H](O)[C@@H]2O)[C@@H]1O. The first kappa shape index (κ1) is 51.7. The predicted octanol–water partition coefficient (Wildman–Crippen LogP) is -11.0. The molecule has 0 bridgehead atoms. The van der Waals surface area contributed by atoms with Crippen molar-refractivity contribution in [3.63, 3.8) is 0 Å². The molecule has 0 radical (unpaired) electrons. The van der Waals surface area contributed by atoms with Gasteiger partial charge in [-0.15, -0.1) is 0 Å². The summed E-state index contributed by atoms with van der Waals surface area (Å²) in [5.41, 5.74) is 0.